The van der Waals surface area contributed by atoms with E-state index in [0.29, 0.717) is 5.56 Å². The summed E-state index contributed by atoms with van der Waals surface area (Å²) >= 11 is 0. The van der Waals surface area contributed by atoms with Gasteiger partial charge in [-0.2, -0.15) is 8.78 Å². The Balaban J connectivity index is 3.19. The van der Waals surface area contributed by atoms with Gasteiger partial charge in [0.1, 0.15) is 5.60 Å². The topological polar surface area (TPSA) is 46.2 Å². The van der Waals surface area contributed by atoms with E-state index in [0.717, 1.165) is 13.8 Å². The highest BCUT2D eigenvalue weighted by Crippen LogP contribution is 2.39. The van der Waals surface area contributed by atoms with Crippen LogP contribution < -0.4 is 5.73 Å². The average Bonchev–Trinajstić information content (AvgIpc) is 2.16. The molecule has 0 aliphatic carbocycles. The molecule has 1 aromatic rings. The fourth-order valence-electron chi connectivity index (χ4n) is 1.37. The molecule has 0 aliphatic rings. The number of hydrogen-bond donors (Lipinski definition) is 2. The second kappa shape index (κ2) is 4.11. The van der Waals surface area contributed by atoms with Gasteiger partial charge < -0.3 is 10.8 Å². The van der Waals surface area contributed by atoms with Gasteiger partial charge in [-0.15, -0.1) is 0 Å². The van der Waals surface area contributed by atoms with Gasteiger partial charge in [-0.1, -0.05) is 18.2 Å². The molecule has 0 heterocycles. The quantitative estimate of drug-likeness (QED) is 0.836. The molecule has 1 aromatic carbocycles. The molecule has 0 saturated carbocycles. The summed E-state index contributed by atoms with van der Waals surface area (Å²) < 4.78 is 27.6. The molecule has 0 aromatic heterocycles. The van der Waals surface area contributed by atoms with Crippen LogP contribution in [0.1, 0.15) is 37.9 Å². The van der Waals surface area contributed by atoms with E-state index in [-0.39, 0.29) is 11.6 Å². The summed E-state index contributed by atoms with van der Waals surface area (Å²) in [5, 5.41) is 9.45. The standard InChI is InChI=1S/C12H17F2NO/c1-8(15)9-5-4-6-10(7-9)12(13,14)11(2,3)16/h4-8,16H,15H2,1-3H3/t8-/m1/s1. The number of hydrogen-bond acceptors (Lipinski definition) is 2. The van der Waals surface area contributed by atoms with Crippen LogP contribution in [0.15, 0.2) is 24.3 Å². The zero-order chi connectivity index (χ0) is 12.6. The number of alkyl halides is 2. The van der Waals surface area contributed by atoms with Crippen LogP contribution >= 0.6 is 0 Å². The Hall–Kier alpha value is -1.00. The van der Waals surface area contributed by atoms with Crippen LogP contribution in [0.3, 0.4) is 0 Å². The largest absolute Gasteiger partial charge is 0.384 e. The van der Waals surface area contributed by atoms with Gasteiger partial charge in [0, 0.05) is 11.6 Å². The van der Waals surface area contributed by atoms with Crippen LogP contribution in [0.2, 0.25) is 0 Å². The first-order valence-corrected chi connectivity index (χ1v) is 5.12. The number of aliphatic hydroxyl groups is 1. The monoisotopic (exact) mass is 229 g/mol. The highest BCUT2D eigenvalue weighted by Gasteiger charge is 2.46. The fraction of sp³-hybridized carbons (Fsp3) is 0.500. The lowest BCUT2D eigenvalue weighted by Gasteiger charge is -2.29. The van der Waals surface area contributed by atoms with Crippen molar-refractivity contribution >= 4 is 0 Å². The van der Waals surface area contributed by atoms with Crippen molar-refractivity contribution in [3.05, 3.63) is 35.4 Å². The van der Waals surface area contributed by atoms with Gasteiger partial charge in [0.25, 0.3) is 0 Å². The van der Waals surface area contributed by atoms with Crippen molar-refractivity contribution in [2.24, 2.45) is 5.73 Å². The summed E-state index contributed by atoms with van der Waals surface area (Å²) in [7, 11) is 0. The summed E-state index contributed by atoms with van der Waals surface area (Å²) in [6.45, 7) is 3.90. The molecule has 1 atom stereocenters. The Morgan fingerprint density at radius 1 is 1.31 bits per heavy atom. The maximum absolute atomic E-state index is 13.8. The molecule has 16 heavy (non-hydrogen) atoms. The zero-order valence-corrected chi connectivity index (χ0v) is 9.67. The summed E-state index contributed by atoms with van der Waals surface area (Å²) in [6.07, 6.45) is 0. The van der Waals surface area contributed by atoms with E-state index in [1.54, 1.807) is 13.0 Å². The van der Waals surface area contributed by atoms with Crippen molar-refractivity contribution in [1.29, 1.82) is 0 Å². The van der Waals surface area contributed by atoms with Crippen LogP contribution in [-0.4, -0.2) is 10.7 Å². The minimum absolute atomic E-state index is 0.213. The zero-order valence-electron chi connectivity index (χ0n) is 9.67. The number of halogens is 2. The van der Waals surface area contributed by atoms with Gasteiger partial charge in [-0.25, -0.2) is 0 Å². The van der Waals surface area contributed by atoms with E-state index in [2.05, 4.69) is 0 Å². The van der Waals surface area contributed by atoms with E-state index >= 15 is 0 Å². The summed E-state index contributed by atoms with van der Waals surface area (Å²) in [6, 6.07) is 5.53. The average molecular weight is 229 g/mol. The van der Waals surface area contributed by atoms with Gasteiger partial charge in [-0.05, 0) is 32.4 Å². The molecule has 0 amide bonds. The molecule has 0 fully saturated rings. The molecule has 0 unspecified atom stereocenters. The SMILES string of the molecule is C[C@@H](N)c1cccc(C(F)(F)C(C)(C)O)c1. The van der Waals surface area contributed by atoms with Gasteiger partial charge >= 0.3 is 5.92 Å². The van der Waals surface area contributed by atoms with Gasteiger partial charge in [0.2, 0.25) is 0 Å². The van der Waals surface area contributed by atoms with Crippen molar-refractivity contribution in [3.8, 4) is 0 Å². The van der Waals surface area contributed by atoms with Crippen molar-refractivity contribution in [3.63, 3.8) is 0 Å². The summed E-state index contributed by atoms with van der Waals surface area (Å²) in [5.41, 5.74) is 3.95. The molecule has 1 rings (SSSR count). The third-order valence-corrected chi connectivity index (χ3v) is 2.54. The lowest BCUT2D eigenvalue weighted by molar-refractivity contribution is -0.168. The first-order chi connectivity index (χ1) is 7.16. The van der Waals surface area contributed by atoms with Crippen LogP contribution in [-0.2, 0) is 5.92 Å². The van der Waals surface area contributed by atoms with Crippen LogP contribution in [0.4, 0.5) is 8.78 Å². The van der Waals surface area contributed by atoms with Crippen LogP contribution in [0.25, 0.3) is 0 Å². The Morgan fingerprint density at radius 2 is 1.88 bits per heavy atom. The molecular formula is C12H17F2NO. The molecule has 4 heteroatoms. The molecule has 0 spiro atoms. The number of nitrogens with two attached hydrogens (primary N) is 1. The summed E-state index contributed by atoms with van der Waals surface area (Å²) in [4.78, 5) is 0. The smallest absolute Gasteiger partial charge is 0.300 e. The Morgan fingerprint density at radius 3 is 2.31 bits per heavy atom. The van der Waals surface area contributed by atoms with E-state index in [1.807, 2.05) is 0 Å². The predicted molar refractivity (Wildman–Crippen MR) is 59.2 cm³/mol. The minimum atomic E-state index is -3.29. The third kappa shape index (κ3) is 2.39. The van der Waals surface area contributed by atoms with Gasteiger partial charge in [0.05, 0.1) is 0 Å². The maximum Gasteiger partial charge on any atom is 0.300 e. The molecular weight excluding hydrogens is 212 g/mol. The second-order valence-corrected chi connectivity index (χ2v) is 4.55. The Kier molecular flexibility index (Phi) is 3.35. The highest BCUT2D eigenvalue weighted by atomic mass is 19.3. The molecule has 0 radical (unpaired) electrons. The molecule has 3 N–H and O–H groups in total. The van der Waals surface area contributed by atoms with Crippen molar-refractivity contribution in [1.82, 2.24) is 0 Å². The van der Waals surface area contributed by atoms with Crippen molar-refractivity contribution in [2.45, 2.75) is 38.3 Å². The van der Waals surface area contributed by atoms with E-state index < -0.39 is 11.5 Å². The van der Waals surface area contributed by atoms with E-state index in [1.165, 1.54) is 18.2 Å². The number of benzene rings is 1. The molecule has 2 nitrogen and oxygen atoms in total. The van der Waals surface area contributed by atoms with Crippen LogP contribution in [0, 0.1) is 0 Å². The normalized spacial score (nSPS) is 14.9. The van der Waals surface area contributed by atoms with E-state index in [4.69, 9.17) is 5.73 Å². The summed E-state index contributed by atoms with van der Waals surface area (Å²) in [5.74, 6) is -3.29. The Bertz CT molecular complexity index is 370. The fourth-order valence-corrected chi connectivity index (χ4v) is 1.37. The second-order valence-electron chi connectivity index (χ2n) is 4.55. The first-order valence-electron chi connectivity index (χ1n) is 5.12. The van der Waals surface area contributed by atoms with Crippen molar-refractivity contribution in [2.75, 3.05) is 0 Å². The minimum Gasteiger partial charge on any atom is -0.384 e. The highest BCUT2D eigenvalue weighted by molar-refractivity contribution is 5.30. The maximum atomic E-state index is 13.8. The Labute approximate surface area is 94.1 Å². The van der Waals surface area contributed by atoms with Crippen molar-refractivity contribution < 1.29 is 13.9 Å². The molecule has 90 valence electrons. The van der Waals surface area contributed by atoms with Crippen LogP contribution in [0.5, 0.6) is 0 Å². The lowest BCUT2D eigenvalue weighted by Crippen LogP contribution is -2.40. The first kappa shape index (κ1) is 13.1. The van der Waals surface area contributed by atoms with E-state index in [9.17, 15) is 13.9 Å². The number of rotatable bonds is 3. The molecule has 0 bridgehead atoms. The molecule has 0 saturated heterocycles. The van der Waals surface area contributed by atoms with Gasteiger partial charge in [0.15, 0.2) is 0 Å². The van der Waals surface area contributed by atoms with Gasteiger partial charge in [-0.3, -0.25) is 0 Å². The molecule has 0 aliphatic heterocycles. The lowest BCUT2D eigenvalue weighted by atomic mass is 9.91. The third-order valence-electron chi connectivity index (χ3n) is 2.54. The predicted octanol–water partition coefficient (Wildman–Crippen LogP) is 2.57.